The highest BCUT2D eigenvalue weighted by Crippen LogP contribution is 2.16. The Labute approximate surface area is 149 Å². The van der Waals surface area contributed by atoms with E-state index in [0.717, 1.165) is 5.56 Å². The van der Waals surface area contributed by atoms with Crippen LogP contribution in [0.1, 0.15) is 35.3 Å². The van der Waals surface area contributed by atoms with Gasteiger partial charge in [-0.05, 0) is 44.5 Å². The first-order valence-electron chi connectivity index (χ1n) is 7.71. The lowest BCUT2D eigenvalue weighted by molar-refractivity contribution is 0.0915. The van der Waals surface area contributed by atoms with Crippen molar-refractivity contribution in [1.82, 2.24) is 5.32 Å². The molecular weight excluding hydrogens is 324 g/mol. The number of carbonyl (C=O) groups is 1. The fraction of sp³-hybridized carbons (Fsp3) is 0.316. The van der Waals surface area contributed by atoms with Gasteiger partial charge in [0.15, 0.2) is 0 Å². The third-order valence-corrected chi connectivity index (χ3v) is 3.55. The minimum absolute atomic E-state index is 0. The van der Waals surface area contributed by atoms with E-state index >= 15 is 0 Å². The van der Waals surface area contributed by atoms with Crippen molar-refractivity contribution in [1.29, 1.82) is 0 Å². The zero-order valence-corrected chi connectivity index (χ0v) is 15.2. The van der Waals surface area contributed by atoms with Gasteiger partial charge in [-0.15, -0.1) is 12.4 Å². The van der Waals surface area contributed by atoms with Crippen molar-refractivity contribution >= 4 is 18.3 Å². The number of nitrogens with two attached hydrogens (primary N) is 1. The summed E-state index contributed by atoms with van der Waals surface area (Å²) in [6.45, 7) is 6.68. The van der Waals surface area contributed by atoms with Crippen LogP contribution in [0.4, 0.5) is 0 Å². The molecule has 0 radical (unpaired) electrons. The Bertz CT molecular complexity index is 687. The van der Waals surface area contributed by atoms with Crippen molar-refractivity contribution in [3.8, 4) is 5.75 Å². The molecule has 0 fully saturated rings. The van der Waals surface area contributed by atoms with Gasteiger partial charge in [-0.1, -0.05) is 35.9 Å². The van der Waals surface area contributed by atoms with E-state index in [-0.39, 0.29) is 18.3 Å². The van der Waals surface area contributed by atoms with Crippen molar-refractivity contribution < 1.29 is 9.53 Å². The van der Waals surface area contributed by atoms with Gasteiger partial charge < -0.3 is 15.8 Å². The molecule has 130 valence electrons. The first-order chi connectivity index (χ1) is 10.9. The molecule has 5 heteroatoms. The van der Waals surface area contributed by atoms with Crippen LogP contribution in [0.5, 0.6) is 5.75 Å². The molecule has 2 aromatic rings. The van der Waals surface area contributed by atoms with Crippen LogP contribution in [0, 0.1) is 6.92 Å². The van der Waals surface area contributed by atoms with Crippen LogP contribution < -0.4 is 15.8 Å². The first-order valence-corrected chi connectivity index (χ1v) is 7.71. The first kappa shape index (κ1) is 20.0. The number of aryl methyl sites for hydroxylation is 1. The average molecular weight is 349 g/mol. The maximum atomic E-state index is 12.3. The highest BCUT2D eigenvalue weighted by molar-refractivity contribution is 5.95. The van der Waals surface area contributed by atoms with Gasteiger partial charge >= 0.3 is 0 Å². The monoisotopic (exact) mass is 348 g/mol. The standard InChI is InChI=1S/C19H24N2O2.ClH/c1-14-6-4-7-15(10-14)12-23-17-9-5-8-16(11-17)18(22)21-19(2,3)13-20;/h4-11H,12-13,20H2,1-3H3,(H,21,22);1H. The highest BCUT2D eigenvalue weighted by Gasteiger charge is 2.19. The summed E-state index contributed by atoms with van der Waals surface area (Å²) in [4.78, 5) is 12.3. The van der Waals surface area contributed by atoms with Gasteiger partial charge in [-0.25, -0.2) is 0 Å². The fourth-order valence-electron chi connectivity index (χ4n) is 2.13. The van der Waals surface area contributed by atoms with Crippen LogP contribution in [0.3, 0.4) is 0 Å². The molecule has 24 heavy (non-hydrogen) atoms. The van der Waals surface area contributed by atoms with E-state index in [2.05, 4.69) is 11.4 Å². The van der Waals surface area contributed by atoms with E-state index in [1.807, 2.05) is 51.1 Å². The molecule has 0 aliphatic carbocycles. The van der Waals surface area contributed by atoms with E-state index in [9.17, 15) is 4.79 Å². The van der Waals surface area contributed by atoms with Crippen molar-refractivity contribution in [2.45, 2.75) is 32.9 Å². The van der Waals surface area contributed by atoms with Crippen LogP contribution >= 0.6 is 12.4 Å². The van der Waals surface area contributed by atoms with E-state index in [1.54, 1.807) is 12.1 Å². The molecule has 4 nitrogen and oxygen atoms in total. The average Bonchev–Trinajstić information content (AvgIpc) is 2.53. The topological polar surface area (TPSA) is 64.3 Å². The number of rotatable bonds is 6. The lowest BCUT2D eigenvalue weighted by Gasteiger charge is -2.24. The number of benzene rings is 2. The number of carbonyl (C=O) groups excluding carboxylic acids is 1. The summed E-state index contributed by atoms with van der Waals surface area (Å²) in [7, 11) is 0. The highest BCUT2D eigenvalue weighted by atomic mass is 35.5. The summed E-state index contributed by atoms with van der Waals surface area (Å²) < 4.78 is 5.79. The van der Waals surface area contributed by atoms with E-state index < -0.39 is 5.54 Å². The molecule has 0 spiro atoms. The third-order valence-electron chi connectivity index (χ3n) is 3.55. The van der Waals surface area contributed by atoms with Crippen molar-refractivity contribution in [3.05, 3.63) is 65.2 Å². The lowest BCUT2D eigenvalue weighted by Crippen LogP contribution is -2.48. The maximum absolute atomic E-state index is 12.3. The Balaban J connectivity index is 0.00000288. The van der Waals surface area contributed by atoms with Crippen LogP contribution in [-0.2, 0) is 6.61 Å². The quantitative estimate of drug-likeness (QED) is 0.840. The van der Waals surface area contributed by atoms with Crippen molar-refractivity contribution in [2.75, 3.05) is 6.54 Å². The Kier molecular flexibility index (Phi) is 7.26. The third kappa shape index (κ3) is 5.87. The van der Waals surface area contributed by atoms with Gasteiger partial charge in [0.05, 0.1) is 0 Å². The van der Waals surface area contributed by atoms with Crippen molar-refractivity contribution in [3.63, 3.8) is 0 Å². The Morgan fingerprint density at radius 2 is 1.88 bits per heavy atom. The molecule has 3 N–H and O–H groups in total. The summed E-state index contributed by atoms with van der Waals surface area (Å²) >= 11 is 0. The van der Waals surface area contributed by atoms with Crippen LogP contribution in [0.15, 0.2) is 48.5 Å². The Hall–Kier alpha value is -2.04. The Morgan fingerprint density at radius 1 is 1.17 bits per heavy atom. The molecule has 0 aromatic heterocycles. The second kappa shape index (κ2) is 8.71. The van der Waals surface area contributed by atoms with Gasteiger partial charge in [-0.2, -0.15) is 0 Å². The predicted molar refractivity (Wildman–Crippen MR) is 99.8 cm³/mol. The second-order valence-electron chi connectivity index (χ2n) is 6.35. The van der Waals surface area contributed by atoms with Gasteiger partial charge in [0, 0.05) is 17.6 Å². The molecule has 1 amide bonds. The summed E-state index contributed by atoms with van der Waals surface area (Å²) in [5.41, 5.74) is 8.07. The molecule has 0 aliphatic heterocycles. The molecule has 2 rings (SSSR count). The molecule has 0 bridgehead atoms. The van der Waals surface area contributed by atoms with Gasteiger partial charge in [0.2, 0.25) is 0 Å². The number of halogens is 1. The van der Waals surface area contributed by atoms with Crippen molar-refractivity contribution in [2.24, 2.45) is 5.73 Å². The molecule has 0 saturated heterocycles. The number of nitrogens with one attached hydrogen (secondary N) is 1. The summed E-state index contributed by atoms with van der Waals surface area (Å²) in [5, 5.41) is 2.91. The normalized spacial score (nSPS) is 10.7. The second-order valence-corrected chi connectivity index (χ2v) is 6.35. The van der Waals surface area contributed by atoms with Gasteiger partial charge in [-0.3, -0.25) is 4.79 Å². The number of ether oxygens (including phenoxy) is 1. The molecular formula is C19H25ClN2O2. The molecule has 0 heterocycles. The van der Waals surface area contributed by atoms with E-state index in [1.165, 1.54) is 5.56 Å². The molecule has 0 unspecified atom stereocenters. The molecule has 0 atom stereocenters. The van der Waals surface area contributed by atoms with Crippen LogP contribution in [0.25, 0.3) is 0 Å². The molecule has 0 saturated carbocycles. The molecule has 2 aromatic carbocycles. The summed E-state index contributed by atoms with van der Waals surface area (Å²) in [6.07, 6.45) is 0. The smallest absolute Gasteiger partial charge is 0.251 e. The zero-order chi connectivity index (χ0) is 16.9. The van der Waals surface area contributed by atoms with Crippen LogP contribution in [0.2, 0.25) is 0 Å². The number of hydrogen-bond donors (Lipinski definition) is 2. The van der Waals surface area contributed by atoms with Crippen LogP contribution in [-0.4, -0.2) is 18.0 Å². The lowest BCUT2D eigenvalue weighted by atomic mass is 10.1. The van der Waals surface area contributed by atoms with Gasteiger partial charge in [0.1, 0.15) is 12.4 Å². The Morgan fingerprint density at radius 3 is 2.54 bits per heavy atom. The number of hydrogen-bond acceptors (Lipinski definition) is 3. The predicted octanol–water partition coefficient (Wildman–Crippen LogP) is 3.46. The van der Waals surface area contributed by atoms with Gasteiger partial charge in [0.25, 0.3) is 5.91 Å². The number of amides is 1. The van der Waals surface area contributed by atoms with E-state index in [0.29, 0.717) is 24.5 Å². The summed E-state index contributed by atoms with van der Waals surface area (Å²) in [6, 6.07) is 15.3. The largest absolute Gasteiger partial charge is 0.489 e. The zero-order valence-electron chi connectivity index (χ0n) is 14.3. The minimum atomic E-state index is -0.435. The fourth-order valence-corrected chi connectivity index (χ4v) is 2.13. The maximum Gasteiger partial charge on any atom is 0.251 e. The summed E-state index contributed by atoms with van der Waals surface area (Å²) in [5.74, 6) is 0.520. The minimum Gasteiger partial charge on any atom is -0.489 e. The van der Waals surface area contributed by atoms with E-state index in [4.69, 9.17) is 10.5 Å². The molecule has 0 aliphatic rings. The SMILES string of the molecule is Cc1cccc(COc2cccc(C(=O)NC(C)(C)CN)c2)c1.Cl.